The Morgan fingerprint density at radius 3 is 2.32 bits per heavy atom. The zero-order chi connectivity index (χ0) is 18.9. The number of benzene rings is 3. The van der Waals surface area contributed by atoms with Crippen LogP contribution in [0.5, 0.6) is 0 Å². The van der Waals surface area contributed by atoms with Gasteiger partial charge in [-0.1, -0.05) is 0 Å². The van der Waals surface area contributed by atoms with Crippen molar-refractivity contribution in [3.8, 4) is 22.4 Å². The van der Waals surface area contributed by atoms with Crippen LogP contribution in [0, 0.1) is 0 Å². The number of rotatable bonds is 1. The van der Waals surface area contributed by atoms with Crippen LogP contribution in [0.1, 0.15) is 0 Å². The molecule has 0 N–H and O–H groups in total. The summed E-state index contributed by atoms with van der Waals surface area (Å²) in [6.45, 7) is 0. The van der Waals surface area contributed by atoms with Gasteiger partial charge in [-0.2, -0.15) is 0 Å². The number of hydrogen-bond acceptors (Lipinski definition) is 2. The van der Waals surface area contributed by atoms with Crippen molar-refractivity contribution in [1.82, 2.24) is 4.98 Å². The first-order valence-electron chi connectivity index (χ1n) is 9.66. The van der Waals surface area contributed by atoms with Gasteiger partial charge in [-0.3, -0.25) is 0 Å². The van der Waals surface area contributed by atoms with Crippen LogP contribution >= 0.6 is 0 Å². The second-order valence-electron chi connectivity index (χ2n) is 8.03. The molecule has 3 heterocycles. The van der Waals surface area contributed by atoms with E-state index >= 15 is 0 Å². The van der Waals surface area contributed by atoms with Crippen LogP contribution in [0.4, 0.5) is 0 Å². The van der Waals surface area contributed by atoms with Crippen molar-refractivity contribution in [3.63, 3.8) is 0 Å². The third-order valence-corrected chi connectivity index (χ3v) is 13.6. The van der Waals surface area contributed by atoms with Crippen molar-refractivity contribution in [2.45, 2.75) is 11.5 Å². The molecule has 6 rings (SSSR count). The zero-order valence-electron chi connectivity index (χ0n) is 15.9. The first kappa shape index (κ1) is 16.1. The van der Waals surface area contributed by atoms with E-state index in [0.717, 1.165) is 27.8 Å². The fraction of sp³-hybridized carbons (Fsp3) is 0.0800. The zero-order valence-corrected chi connectivity index (χ0v) is 18.0. The Hall–Kier alpha value is -2.85. The molecule has 0 fully saturated rings. The molecule has 2 aromatic heterocycles. The number of hydrogen-bond donors (Lipinski definition) is 0. The molecule has 134 valence electrons. The van der Waals surface area contributed by atoms with Crippen LogP contribution < -0.4 is 8.79 Å². The van der Waals surface area contributed by atoms with Crippen molar-refractivity contribution < 1.29 is 4.42 Å². The second-order valence-corrected chi connectivity index (χ2v) is 17.1. The molecule has 0 unspecified atom stereocenters. The van der Waals surface area contributed by atoms with Crippen LogP contribution in [0.2, 0.25) is 11.5 Å². The Morgan fingerprint density at radius 2 is 1.46 bits per heavy atom. The van der Waals surface area contributed by atoms with Crippen LogP contribution in [0.15, 0.2) is 83.4 Å². The summed E-state index contributed by atoms with van der Waals surface area (Å²) in [5.41, 5.74) is 6.64. The maximum absolute atomic E-state index is 6.62. The molecule has 2 nitrogen and oxygen atoms in total. The van der Waals surface area contributed by atoms with E-state index in [1.54, 1.807) is 4.40 Å². The van der Waals surface area contributed by atoms with Gasteiger partial charge in [0.1, 0.15) is 0 Å². The minimum absolute atomic E-state index is 0.930. The fourth-order valence-electron chi connectivity index (χ4n) is 4.77. The molecule has 28 heavy (non-hydrogen) atoms. The Morgan fingerprint density at radius 1 is 0.679 bits per heavy atom. The van der Waals surface area contributed by atoms with Gasteiger partial charge in [0.05, 0.1) is 0 Å². The molecular formula is C25H19GeNO. The van der Waals surface area contributed by atoms with Gasteiger partial charge in [0.25, 0.3) is 0 Å². The molecule has 0 aliphatic carbocycles. The van der Waals surface area contributed by atoms with Gasteiger partial charge in [0.2, 0.25) is 0 Å². The van der Waals surface area contributed by atoms with Gasteiger partial charge in [0.15, 0.2) is 0 Å². The molecule has 0 bridgehead atoms. The van der Waals surface area contributed by atoms with Crippen molar-refractivity contribution in [2.75, 3.05) is 0 Å². The molecular weight excluding hydrogens is 403 g/mol. The van der Waals surface area contributed by atoms with Crippen molar-refractivity contribution >= 4 is 44.0 Å². The summed E-state index contributed by atoms with van der Waals surface area (Å²) in [6, 6.07) is 25.9. The molecule has 0 atom stereocenters. The molecule has 1 aliphatic rings. The molecule has 3 aromatic carbocycles. The monoisotopic (exact) mass is 423 g/mol. The Labute approximate surface area is 166 Å². The third kappa shape index (κ3) is 2.01. The number of furan rings is 1. The first-order chi connectivity index (χ1) is 13.7. The fourth-order valence-corrected chi connectivity index (χ4v) is 11.2. The number of fused-ring (bicyclic) bond motifs is 7. The summed E-state index contributed by atoms with van der Waals surface area (Å²) in [7, 11) is 0. The molecule has 0 saturated heterocycles. The summed E-state index contributed by atoms with van der Waals surface area (Å²) < 4.78 is 9.69. The van der Waals surface area contributed by atoms with Gasteiger partial charge < -0.3 is 0 Å². The first-order valence-corrected chi connectivity index (χ1v) is 16.0. The maximum atomic E-state index is 6.62. The van der Waals surface area contributed by atoms with E-state index in [4.69, 9.17) is 4.42 Å². The minimum atomic E-state index is -2.28. The third-order valence-electron chi connectivity index (χ3n) is 6.15. The van der Waals surface area contributed by atoms with Crippen molar-refractivity contribution in [3.05, 3.63) is 79.0 Å². The van der Waals surface area contributed by atoms with E-state index in [1.165, 1.54) is 20.9 Å². The van der Waals surface area contributed by atoms with Crippen LogP contribution in [0.25, 0.3) is 44.3 Å². The molecule has 0 radical (unpaired) electrons. The van der Waals surface area contributed by atoms with E-state index in [2.05, 4.69) is 71.1 Å². The SMILES string of the molecule is [CH3][Ge]1([CH3])[c]2ccccc2-c2[c]1ccc1c2oc2c(-c3ccccn3)cccc21. The number of aromatic nitrogens is 1. The van der Waals surface area contributed by atoms with E-state index < -0.39 is 13.3 Å². The van der Waals surface area contributed by atoms with Crippen LogP contribution in [-0.2, 0) is 0 Å². The summed E-state index contributed by atoms with van der Waals surface area (Å²) in [4.78, 5) is 4.55. The molecule has 3 heteroatoms. The molecule has 0 amide bonds. The Kier molecular flexibility index (Phi) is 3.22. The quantitative estimate of drug-likeness (QED) is 0.336. The van der Waals surface area contributed by atoms with E-state index in [-0.39, 0.29) is 0 Å². The standard InChI is InChI=1S/C25H19GeNO/c1-26(2)20-11-4-3-8-18(20)23-21(26)14-13-17-16-9-7-10-19(24(16)28-25(17)23)22-12-5-6-15-27-22/h3-15H,1-2H3. The normalized spacial score (nSPS) is 14.4. The number of para-hydroxylation sites is 1. The topological polar surface area (TPSA) is 26.0 Å². The number of nitrogens with zero attached hydrogens (tertiary/aromatic N) is 1. The molecule has 0 saturated carbocycles. The van der Waals surface area contributed by atoms with Crippen molar-refractivity contribution in [1.29, 1.82) is 0 Å². The van der Waals surface area contributed by atoms with Gasteiger partial charge in [-0.25, -0.2) is 0 Å². The van der Waals surface area contributed by atoms with E-state index in [0.29, 0.717) is 0 Å². The average molecular weight is 422 g/mol. The summed E-state index contributed by atoms with van der Waals surface area (Å²) >= 11 is -2.28. The van der Waals surface area contributed by atoms with Gasteiger partial charge in [-0.05, 0) is 0 Å². The van der Waals surface area contributed by atoms with Crippen LogP contribution in [0.3, 0.4) is 0 Å². The van der Waals surface area contributed by atoms with Crippen molar-refractivity contribution in [2.24, 2.45) is 0 Å². The molecule has 5 aromatic rings. The number of pyridine rings is 1. The van der Waals surface area contributed by atoms with Gasteiger partial charge in [0, 0.05) is 0 Å². The summed E-state index contributed by atoms with van der Waals surface area (Å²) in [6.07, 6.45) is 1.83. The Bertz CT molecular complexity index is 1380. The predicted molar refractivity (Wildman–Crippen MR) is 119 cm³/mol. The summed E-state index contributed by atoms with van der Waals surface area (Å²) in [5.74, 6) is 4.97. The summed E-state index contributed by atoms with van der Waals surface area (Å²) in [5, 5.41) is 2.36. The predicted octanol–water partition coefficient (Wildman–Crippen LogP) is 5.45. The molecule has 1 aliphatic heterocycles. The molecule has 0 spiro atoms. The van der Waals surface area contributed by atoms with Gasteiger partial charge >= 0.3 is 166 Å². The second kappa shape index (κ2) is 5.58. The van der Waals surface area contributed by atoms with E-state index in [9.17, 15) is 0 Å². The van der Waals surface area contributed by atoms with E-state index in [1.807, 2.05) is 24.4 Å². The van der Waals surface area contributed by atoms with Crippen LogP contribution in [-0.4, -0.2) is 18.3 Å². The Balaban J connectivity index is 1.75. The van der Waals surface area contributed by atoms with Gasteiger partial charge in [-0.15, -0.1) is 0 Å². The average Bonchev–Trinajstić information content (AvgIpc) is 3.22.